The summed E-state index contributed by atoms with van der Waals surface area (Å²) in [6, 6.07) is 13.0. The Morgan fingerprint density at radius 1 is 1.10 bits per heavy atom. The molecule has 0 amide bonds. The first-order valence-corrected chi connectivity index (χ1v) is 11.0. The molecule has 0 unspecified atom stereocenters. The van der Waals surface area contributed by atoms with E-state index in [9.17, 15) is 8.42 Å². The lowest BCUT2D eigenvalue weighted by molar-refractivity contribution is 0.359. The highest BCUT2D eigenvalue weighted by Gasteiger charge is 2.32. The number of nitrogens with zero attached hydrogens (tertiary/aromatic N) is 2. The normalized spacial score (nSPS) is 11.3. The van der Waals surface area contributed by atoms with Crippen LogP contribution in [0.15, 0.2) is 64.5 Å². The van der Waals surface area contributed by atoms with Crippen LogP contribution < -0.4 is 9.04 Å². The zero-order valence-corrected chi connectivity index (χ0v) is 18.5. The fourth-order valence-corrected chi connectivity index (χ4v) is 4.96. The Labute approximate surface area is 177 Å². The average molecular weight is 427 g/mol. The van der Waals surface area contributed by atoms with Gasteiger partial charge in [-0.15, -0.1) is 0 Å². The van der Waals surface area contributed by atoms with Gasteiger partial charge in [0.1, 0.15) is 18.1 Å². The summed E-state index contributed by atoms with van der Waals surface area (Å²) in [5.74, 6) is 0.873. The molecule has 0 saturated carbocycles. The molecule has 2 aromatic carbocycles. The molecule has 1 aromatic heterocycles. The highest BCUT2D eigenvalue weighted by atomic mass is 32.2. The fourth-order valence-electron chi connectivity index (χ4n) is 3.23. The first-order valence-electron chi connectivity index (χ1n) is 9.60. The molecular formula is C23H26N2O4S. The van der Waals surface area contributed by atoms with E-state index in [1.807, 2.05) is 56.3 Å². The average Bonchev–Trinajstić information content (AvgIpc) is 3.06. The summed E-state index contributed by atoms with van der Waals surface area (Å²) >= 11 is 0. The van der Waals surface area contributed by atoms with E-state index in [2.05, 4.69) is 11.7 Å². The number of benzene rings is 2. The number of rotatable bonds is 8. The lowest BCUT2D eigenvalue weighted by atomic mass is 10.1. The molecule has 0 aliphatic carbocycles. The maximum Gasteiger partial charge on any atom is 0.270 e. The van der Waals surface area contributed by atoms with Crippen LogP contribution in [0.3, 0.4) is 0 Å². The van der Waals surface area contributed by atoms with Crippen molar-refractivity contribution in [3.05, 3.63) is 83.3 Å². The van der Waals surface area contributed by atoms with Crippen LogP contribution in [-0.4, -0.2) is 20.2 Å². The van der Waals surface area contributed by atoms with Gasteiger partial charge in [-0.05, 0) is 57.0 Å². The predicted octanol–water partition coefficient (Wildman–Crippen LogP) is 4.87. The second-order valence-corrected chi connectivity index (χ2v) is 8.94. The number of aryl methyl sites for hydroxylation is 4. The highest BCUT2D eigenvalue weighted by molar-refractivity contribution is 7.92. The molecule has 3 rings (SSSR count). The second-order valence-electron chi connectivity index (χ2n) is 7.14. The van der Waals surface area contributed by atoms with Crippen molar-refractivity contribution in [2.24, 2.45) is 0 Å². The van der Waals surface area contributed by atoms with Crippen LogP contribution in [0.5, 0.6) is 5.75 Å². The van der Waals surface area contributed by atoms with Gasteiger partial charge in [0, 0.05) is 5.56 Å². The maximum absolute atomic E-state index is 13.7. The van der Waals surface area contributed by atoms with Crippen molar-refractivity contribution in [1.82, 2.24) is 5.16 Å². The van der Waals surface area contributed by atoms with E-state index in [0.717, 1.165) is 16.7 Å². The van der Waals surface area contributed by atoms with E-state index in [1.165, 1.54) is 4.31 Å². The summed E-state index contributed by atoms with van der Waals surface area (Å²) in [5, 5.41) is 3.84. The zero-order chi connectivity index (χ0) is 21.9. The van der Waals surface area contributed by atoms with Gasteiger partial charge in [-0.1, -0.05) is 42.1 Å². The zero-order valence-electron chi connectivity index (χ0n) is 17.7. The molecule has 0 radical (unpaired) electrons. The van der Waals surface area contributed by atoms with Crippen molar-refractivity contribution in [2.75, 3.05) is 10.9 Å². The maximum atomic E-state index is 13.7. The summed E-state index contributed by atoms with van der Waals surface area (Å²) < 4.78 is 39.7. The molecule has 3 aromatic rings. The monoisotopic (exact) mass is 426 g/mol. The van der Waals surface area contributed by atoms with Crippen molar-refractivity contribution in [3.63, 3.8) is 0 Å². The third-order valence-corrected chi connectivity index (χ3v) is 6.96. The van der Waals surface area contributed by atoms with Gasteiger partial charge in [-0.3, -0.25) is 4.31 Å². The number of hydrogen-bond donors (Lipinski definition) is 0. The Morgan fingerprint density at radius 3 is 2.47 bits per heavy atom. The lowest BCUT2D eigenvalue weighted by Gasteiger charge is -2.26. The standard InChI is InChI=1S/C23H26N2O4S/c1-6-13-28-22-10-8-7-9-20(22)15-25(21-12-11-16(2)17(3)14-21)30(26,27)23-18(4)24-29-19(23)5/h6-12,14H,1,13,15H2,2-5H3. The molecule has 7 heteroatoms. The Hall–Kier alpha value is -3.06. The predicted molar refractivity (Wildman–Crippen MR) is 117 cm³/mol. The number of ether oxygens (including phenoxy) is 1. The summed E-state index contributed by atoms with van der Waals surface area (Å²) in [6.45, 7) is 11.3. The van der Waals surface area contributed by atoms with Crippen LogP contribution in [-0.2, 0) is 16.6 Å². The van der Waals surface area contributed by atoms with E-state index < -0.39 is 10.0 Å². The molecule has 0 spiro atoms. The third kappa shape index (κ3) is 4.26. The van der Waals surface area contributed by atoms with Gasteiger partial charge in [0.15, 0.2) is 10.7 Å². The topological polar surface area (TPSA) is 72.6 Å². The van der Waals surface area contributed by atoms with E-state index in [0.29, 0.717) is 23.7 Å². The van der Waals surface area contributed by atoms with Gasteiger partial charge < -0.3 is 9.26 Å². The molecule has 1 heterocycles. The fraction of sp³-hybridized carbons (Fsp3) is 0.261. The van der Waals surface area contributed by atoms with Crippen LogP contribution in [0.4, 0.5) is 5.69 Å². The summed E-state index contributed by atoms with van der Waals surface area (Å²) in [4.78, 5) is 0.0882. The van der Waals surface area contributed by atoms with Crippen molar-refractivity contribution in [1.29, 1.82) is 0 Å². The number of aromatic nitrogens is 1. The molecule has 0 aliphatic heterocycles. The van der Waals surface area contributed by atoms with Gasteiger partial charge in [-0.2, -0.15) is 0 Å². The molecule has 0 atom stereocenters. The Bertz CT molecular complexity index is 1150. The summed E-state index contributed by atoms with van der Waals surface area (Å²) in [6.07, 6.45) is 1.65. The van der Waals surface area contributed by atoms with E-state index in [1.54, 1.807) is 19.9 Å². The van der Waals surface area contributed by atoms with Gasteiger partial charge >= 0.3 is 0 Å². The van der Waals surface area contributed by atoms with Gasteiger partial charge in [-0.25, -0.2) is 8.42 Å². The van der Waals surface area contributed by atoms with Crippen LogP contribution in [0.25, 0.3) is 0 Å². The molecule has 30 heavy (non-hydrogen) atoms. The minimum Gasteiger partial charge on any atom is -0.489 e. The van der Waals surface area contributed by atoms with Crippen molar-refractivity contribution in [3.8, 4) is 5.75 Å². The Kier molecular flexibility index (Phi) is 6.31. The van der Waals surface area contributed by atoms with E-state index in [-0.39, 0.29) is 17.2 Å². The van der Waals surface area contributed by atoms with Crippen LogP contribution in [0.1, 0.15) is 28.1 Å². The van der Waals surface area contributed by atoms with Gasteiger partial charge in [0.2, 0.25) is 0 Å². The van der Waals surface area contributed by atoms with Gasteiger partial charge in [0.25, 0.3) is 10.0 Å². The Balaban J connectivity index is 2.14. The van der Waals surface area contributed by atoms with Crippen LogP contribution >= 0.6 is 0 Å². The highest BCUT2D eigenvalue weighted by Crippen LogP contribution is 2.32. The molecule has 0 fully saturated rings. The van der Waals surface area contributed by atoms with Gasteiger partial charge in [0.05, 0.1) is 12.2 Å². The molecular weight excluding hydrogens is 400 g/mol. The number of sulfonamides is 1. The molecule has 158 valence electrons. The van der Waals surface area contributed by atoms with Crippen molar-refractivity contribution >= 4 is 15.7 Å². The van der Waals surface area contributed by atoms with Crippen molar-refractivity contribution in [2.45, 2.75) is 39.1 Å². The molecule has 0 N–H and O–H groups in total. The van der Waals surface area contributed by atoms with E-state index >= 15 is 0 Å². The first kappa shape index (κ1) is 21.6. The minimum absolute atomic E-state index is 0.0882. The number of para-hydroxylation sites is 1. The minimum atomic E-state index is -3.94. The second kappa shape index (κ2) is 8.75. The summed E-state index contributed by atoms with van der Waals surface area (Å²) in [5.41, 5.74) is 3.73. The van der Waals surface area contributed by atoms with Crippen molar-refractivity contribution < 1.29 is 17.7 Å². The smallest absolute Gasteiger partial charge is 0.270 e. The summed E-state index contributed by atoms with van der Waals surface area (Å²) in [7, 11) is -3.94. The molecule has 6 nitrogen and oxygen atoms in total. The quantitative estimate of drug-likeness (QED) is 0.481. The molecule has 0 bridgehead atoms. The molecule has 0 aliphatic rings. The number of anilines is 1. The number of hydrogen-bond acceptors (Lipinski definition) is 5. The van der Waals surface area contributed by atoms with E-state index in [4.69, 9.17) is 9.26 Å². The van der Waals surface area contributed by atoms with Crippen LogP contribution in [0, 0.1) is 27.7 Å². The first-order chi connectivity index (χ1) is 14.3. The van der Waals surface area contributed by atoms with Crippen LogP contribution in [0.2, 0.25) is 0 Å². The Morgan fingerprint density at radius 2 is 1.83 bits per heavy atom. The largest absolute Gasteiger partial charge is 0.489 e. The SMILES string of the molecule is C=CCOc1ccccc1CN(c1ccc(C)c(C)c1)S(=O)(=O)c1c(C)noc1C. The third-order valence-electron chi connectivity index (χ3n) is 4.94. The lowest BCUT2D eigenvalue weighted by Crippen LogP contribution is -2.31. The molecule has 0 saturated heterocycles.